The van der Waals surface area contributed by atoms with Gasteiger partial charge in [0.1, 0.15) is 6.07 Å². The maximum Gasteiger partial charge on any atom is 0.102 e. The monoisotopic (exact) mass is 357 g/mol. The second-order valence-electron chi connectivity index (χ2n) is 6.93. The van der Waals surface area contributed by atoms with Gasteiger partial charge in [-0.25, -0.2) is 0 Å². The van der Waals surface area contributed by atoms with Crippen LogP contribution < -0.4 is 4.90 Å². The van der Waals surface area contributed by atoms with Crippen LogP contribution in [-0.4, -0.2) is 12.8 Å². The molecule has 4 heteroatoms. The lowest BCUT2D eigenvalue weighted by Gasteiger charge is -2.20. The second-order valence-corrected chi connectivity index (χ2v) is 7.96. The molecule has 0 fully saturated rings. The number of anilines is 1. The molecule has 0 aliphatic carbocycles. The summed E-state index contributed by atoms with van der Waals surface area (Å²) in [7, 11) is 2.01. The molecule has 2 aromatic carbocycles. The predicted octanol–water partition coefficient (Wildman–Crippen LogP) is 5.58. The van der Waals surface area contributed by atoms with E-state index in [9.17, 15) is 5.26 Å². The lowest BCUT2D eigenvalue weighted by atomic mass is 9.81. The molecule has 2 heterocycles. The molecule has 2 aliphatic heterocycles. The van der Waals surface area contributed by atoms with Crippen LogP contribution >= 0.6 is 11.8 Å². The first kappa shape index (κ1) is 16.7. The maximum atomic E-state index is 9.72. The van der Waals surface area contributed by atoms with Gasteiger partial charge in [0.2, 0.25) is 0 Å². The molecule has 0 saturated heterocycles. The molecule has 3 nitrogen and oxygen atoms in total. The van der Waals surface area contributed by atoms with Crippen molar-refractivity contribution in [3.05, 3.63) is 76.8 Å². The van der Waals surface area contributed by atoms with Crippen LogP contribution in [0.25, 0.3) is 0 Å². The highest BCUT2D eigenvalue weighted by Gasteiger charge is 2.33. The number of fused-ring (bicyclic) bond motifs is 2. The van der Waals surface area contributed by atoms with Crippen molar-refractivity contribution in [1.82, 2.24) is 0 Å². The number of nitriles is 1. The van der Waals surface area contributed by atoms with E-state index < -0.39 is 0 Å². The Morgan fingerprint density at radius 1 is 1.15 bits per heavy atom. The molecule has 0 radical (unpaired) electrons. The molecule has 0 unspecified atom stereocenters. The average Bonchev–Trinajstić information content (AvgIpc) is 3.11. The molecule has 0 spiro atoms. The van der Waals surface area contributed by atoms with Crippen molar-refractivity contribution < 1.29 is 0 Å². The van der Waals surface area contributed by atoms with Gasteiger partial charge in [-0.1, -0.05) is 55.9 Å². The highest BCUT2D eigenvalue weighted by Crippen LogP contribution is 2.46. The molecule has 0 bridgehead atoms. The first-order chi connectivity index (χ1) is 12.5. The van der Waals surface area contributed by atoms with Gasteiger partial charge in [0.15, 0.2) is 0 Å². The van der Waals surface area contributed by atoms with Gasteiger partial charge in [-0.05, 0) is 35.9 Å². The normalized spacial score (nSPS) is 19.2. The minimum absolute atomic E-state index is 0.157. The summed E-state index contributed by atoms with van der Waals surface area (Å²) < 4.78 is 0. The van der Waals surface area contributed by atoms with E-state index in [2.05, 4.69) is 43.0 Å². The molecule has 0 saturated carbocycles. The number of para-hydroxylation sites is 2. The van der Waals surface area contributed by atoms with Gasteiger partial charge in [-0.3, -0.25) is 4.99 Å². The van der Waals surface area contributed by atoms with Gasteiger partial charge in [0, 0.05) is 17.4 Å². The Labute approximate surface area is 158 Å². The Hall–Kier alpha value is -2.77. The van der Waals surface area contributed by atoms with Crippen molar-refractivity contribution in [1.29, 1.82) is 5.26 Å². The van der Waals surface area contributed by atoms with Crippen molar-refractivity contribution in [2.24, 2.45) is 4.99 Å². The quantitative estimate of drug-likeness (QED) is 0.658. The fourth-order valence-corrected chi connectivity index (χ4v) is 4.53. The van der Waals surface area contributed by atoms with Crippen molar-refractivity contribution >= 4 is 28.8 Å². The SMILES string of the molecule is CN1/C(=C(C#N)\C=C\C2=Nc3ccccc3C2(C)C)Sc2ccccc21. The minimum Gasteiger partial charge on any atom is -0.337 e. The zero-order valence-electron chi connectivity index (χ0n) is 15.0. The zero-order valence-corrected chi connectivity index (χ0v) is 15.8. The third-order valence-electron chi connectivity index (χ3n) is 4.96. The van der Waals surface area contributed by atoms with Gasteiger partial charge < -0.3 is 4.90 Å². The highest BCUT2D eigenvalue weighted by atomic mass is 32.2. The van der Waals surface area contributed by atoms with Crippen molar-refractivity contribution in [3.63, 3.8) is 0 Å². The molecular weight excluding hydrogens is 338 g/mol. The Morgan fingerprint density at radius 2 is 1.88 bits per heavy atom. The van der Waals surface area contributed by atoms with Crippen LogP contribution in [0, 0.1) is 11.3 Å². The van der Waals surface area contributed by atoms with Crippen LogP contribution in [0.2, 0.25) is 0 Å². The second kappa shape index (κ2) is 6.19. The number of benzene rings is 2. The Bertz CT molecular complexity index is 1020. The summed E-state index contributed by atoms with van der Waals surface area (Å²) in [5, 5.41) is 10.7. The lowest BCUT2D eigenvalue weighted by Crippen LogP contribution is -2.23. The fourth-order valence-electron chi connectivity index (χ4n) is 3.41. The van der Waals surface area contributed by atoms with Gasteiger partial charge in [0.25, 0.3) is 0 Å². The van der Waals surface area contributed by atoms with E-state index in [0.717, 1.165) is 22.1 Å². The van der Waals surface area contributed by atoms with Crippen LogP contribution in [0.1, 0.15) is 19.4 Å². The Morgan fingerprint density at radius 3 is 2.62 bits per heavy atom. The summed E-state index contributed by atoms with van der Waals surface area (Å²) in [5.74, 6) is 0. The van der Waals surface area contributed by atoms with Crippen LogP contribution in [0.5, 0.6) is 0 Å². The highest BCUT2D eigenvalue weighted by molar-refractivity contribution is 8.03. The van der Waals surface area contributed by atoms with Gasteiger partial charge in [-0.2, -0.15) is 5.26 Å². The van der Waals surface area contributed by atoms with Crippen molar-refractivity contribution in [2.75, 3.05) is 11.9 Å². The topological polar surface area (TPSA) is 39.4 Å². The third kappa shape index (κ3) is 2.56. The summed E-state index contributed by atoms with van der Waals surface area (Å²) in [4.78, 5) is 8.03. The van der Waals surface area contributed by atoms with E-state index in [1.54, 1.807) is 11.8 Å². The Kier molecular flexibility index (Phi) is 3.97. The number of rotatable bonds is 2. The smallest absolute Gasteiger partial charge is 0.102 e. The number of nitrogens with zero attached hydrogens (tertiary/aromatic N) is 3. The van der Waals surface area contributed by atoms with E-state index in [-0.39, 0.29) is 5.41 Å². The summed E-state index contributed by atoms with van der Waals surface area (Å²) in [6, 6.07) is 18.8. The van der Waals surface area contributed by atoms with Gasteiger partial charge >= 0.3 is 0 Å². The summed E-state index contributed by atoms with van der Waals surface area (Å²) in [5.41, 5.74) is 4.86. The molecule has 26 heavy (non-hydrogen) atoms. The van der Waals surface area contributed by atoms with Crippen molar-refractivity contribution in [3.8, 4) is 6.07 Å². The minimum atomic E-state index is -0.157. The lowest BCUT2D eigenvalue weighted by molar-refractivity contribution is 0.740. The van der Waals surface area contributed by atoms with Crippen molar-refractivity contribution in [2.45, 2.75) is 24.2 Å². The predicted molar refractivity (Wildman–Crippen MR) is 109 cm³/mol. The first-order valence-corrected chi connectivity index (χ1v) is 9.36. The van der Waals surface area contributed by atoms with Gasteiger partial charge in [-0.15, -0.1) is 0 Å². The summed E-state index contributed by atoms with van der Waals surface area (Å²) >= 11 is 1.64. The summed E-state index contributed by atoms with van der Waals surface area (Å²) in [6.07, 6.45) is 3.89. The number of aliphatic imine (C=N–C) groups is 1. The standard InChI is InChI=1S/C22H19N3S/c1-22(2)16-8-4-5-9-17(16)24-20(22)13-12-15(14-23)21-25(3)18-10-6-7-11-19(18)26-21/h4-13H,1-3H3/b13-12+,21-15-. The molecule has 0 aromatic heterocycles. The average molecular weight is 357 g/mol. The van der Waals surface area contributed by atoms with E-state index in [4.69, 9.17) is 4.99 Å². The molecule has 4 rings (SSSR count). The largest absolute Gasteiger partial charge is 0.337 e. The van der Waals surface area contributed by atoms with E-state index in [1.807, 2.05) is 49.5 Å². The Balaban J connectivity index is 1.68. The number of thioether (sulfide) groups is 1. The van der Waals surface area contributed by atoms with E-state index in [1.165, 1.54) is 10.5 Å². The number of hydrogen-bond acceptors (Lipinski definition) is 4. The third-order valence-corrected chi connectivity index (χ3v) is 6.21. The van der Waals surface area contributed by atoms with E-state index in [0.29, 0.717) is 5.57 Å². The number of hydrogen-bond donors (Lipinski definition) is 0. The van der Waals surface area contributed by atoms with Crippen LogP contribution in [0.3, 0.4) is 0 Å². The molecule has 2 aromatic rings. The van der Waals surface area contributed by atoms with Crippen LogP contribution in [0.4, 0.5) is 11.4 Å². The molecule has 128 valence electrons. The van der Waals surface area contributed by atoms with E-state index >= 15 is 0 Å². The molecule has 0 atom stereocenters. The molecule has 0 amide bonds. The first-order valence-electron chi connectivity index (χ1n) is 8.54. The maximum absolute atomic E-state index is 9.72. The zero-order chi connectivity index (χ0) is 18.3. The fraction of sp³-hybridized carbons (Fsp3) is 0.182. The van der Waals surface area contributed by atoms with Gasteiger partial charge in [0.05, 0.1) is 27.7 Å². The summed E-state index contributed by atoms with van der Waals surface area (Å²) in [6.45, 7) is 4.35. The molecule has 2 aliphatic rings. The molecular formula is C22H19N3S. The molecule has 0 N–H and O–H groups in total. The van der Waals surface area contributed by atoms with Crippen LogP contribution in [0.15, 0.2) is 81.2 Å². The number of allylic oxidation sites excluding steroid dienone is 3. The van der Waals surface area contributed by atoms with Crippen LogP contribution in [-0.2, 0) is 5.41 Å².